The lowest BCUT2D eigenvalue weighted by molar-refractivity contribution is -0.384. The molecule has 7 nitrogen and oxygen atoms in total. The first-order chi connectivity index (χ1) is 13.9. The van der Waals surface area contributed by atoms with Crippen LogP contribution in [0.3, 0.4) is 0 Å². The summed E-state index contributed by atoms with van der Waals surface area (Å²) in [5.41, 5.74) is 2.58. The van der Waals surface area contributed by atoms with E-state index < -0.39 is 4.92 Å². The molecule has 2 aromatic rings. The molecule has 1 fully saturated rings. The number of non-ortho nitro benzene ring substituents is 1. The molecule has 1 heterocycles. The predicted octanol–water partition coefficient (Wildman–Crippen LogP) is 3.70. The average Bonchev–Trinajstić information content (AvgIpc) is 2.70. The van der Waals surface area contributed by atoms with E-state index in [0.717, 1.165) is 37.7 Å². The van der Waals surface area contributed by atoms with Crippen molar-refractivity contribution in [2.45, 2.75) is 19.9 Å². The minimum Gasteiger partial charge on any atom is -0.326 e. The van der Waals surface area contributed by atoms with Gasteiger partial charge >= 0.3 is 0 Å². The molecule has 154 valence electrons. The molecular weight excluding hydrogens is 392 g/mol. The molecule has 0 bridgehead atoms. The van der Waals surface area contributed by atoms with Crippen molar-refractivity contribution < 1.29 is 9.72 Å². The van der Waals surface area contributed by atoms with Crippen LogP contribution in [0.25, 0.3) is 0 Å². The zero-order valence-corrected chi connectivity index (χ0v) is 17.2. The Kier molecular flexibility index (Phi) is 7.19. The number of nitrogens with one attached hydrogen (secondary N) is 1. The van der Waals surface area contributed by atoms with E-state index >= 15 is 0 Å². The topological polar surface area (TPSA) is 78.7 Å². The lowest BCUT2D eigenvalue weighted by Gasteiger charge is -2.34. The first kappa shape index (κ1) is 21.2. The molecule has 0 unspecified atom stereocenters. The number of hydrogen-bond donors (Lipinski definition) is 1. The minimum atomic E-state index is -0.439. The van der Waals surface area contributed by atoms with Crippen LogP contribution in [-0.2, 0) is 11.3 Å². The number of anilines is 1. The van der Waals surface area contributed by atoms with Crippen LogP contribution in [0.5, 0.6) is 0 Å². The Morgan fingerprint density at radius 3 is 2.38 bits per heavy atom. The number of carbonyl (C=O) groups excluding carboxylic acids is 1. The second-order valence-electron chi connectivity index (χ2n) is 7.30. The van der Waals surface area contributed by atoms with Gasteiger partial charge in [0, 0.05) is 68.5 Å². The molecule has 1 amide bonds. The molecule has 0 aliphatic carbocycles. The van der Waals surface area contributed by atoms with E-state index in [9.17, 15) is 14.9 Å². The Hall–Kier alpha value is -2.48. The normalized spacial score (nSPS) is 15.2. The number of aryl methyl sites for hydroxylation is 1. The number of amides is 1. The Morgan fingerprint density at radius 1 is 1.10 bits per heavy atom. The van der Waals surface area contributed by atoms with Gasteiger partial charge in [-0.15, -0.1) is 0 Å². The summed E-state index contributed by atoms with van der Waals surface area (Å²) in [7, 11) is 0. The summed E-state index contributed by atoms with van der Waals surface area (Å²) in [6, 6.07) is 12.4. The van der Waals surface area contributed by atoms with E-state index in [-0.39, 0.29) is 11.6 Å². The summed E-state index contributed by atoms with van der Waals surface area (Å²) in [6.07, 6.45) is 0.396. The van der Waals surface area contributed by atoms with Gasteiger partial charge < -0.3 is 10.2 Å². The number of piperazine rings is 1. The summed E-state index contributed by atoms with van der Waals surface area (Å²) in [5, 5.41) is 14.4. The summed E-state index contributed by atoms with van der Waals surface area (Å²) < 4.78 is 0. The highest BCUT2D eigenvalue weighted by atomic mass is 35.5. The second-order valence-corrected chi connectivity index (χ2v) is 7.74. The molecule has 0 saturated carbocycles. The molecule has 2 aromatic carbocycles. The first-order valence-electron chi connectivity index (χ1n) is 9.65. The highest BCUT2D eigenvalue weighted by Crippen LogP contribution is 2.21. The lowest BCUT2D eigenvalue weighted by atomic mass is 10.1. The fourth-order valence-corrected chi connectivity index (χ4v) is 3.52. The smallest absolute Gasteiger partial charge is 0.269 e. The molecule has 0 radical (unpaired) electrons. The quantitative estimate of drug-likeness (QED) is 0.550. The molecule has 0 spiro atoms. The summed E-state index contributed by atoms with van der Waals surface area (Å²) in [4.78, 5) is 27.3. The third-order valence-electron chi connectivity index (χ3n) is 5.13. The Labute approximate surface area is 175 Å². The molecule has 8 heteroatoms. The standard InChI is InChI=1S/C21H25ClN4O3/c1-16-14-19(26(28)29)6-7-20(16)23-21(27)8-9-24-10-12-25(13-11-24)15-17-2-4-18(22)5-3-17/h2-7,14H,8-13,15H2,1H3,(H,23,27). The van der Waals surface area contributed by atoms with Crippen molar-refractivity contribution in [3.63, 3.8) is 0 Å². The van der Waals surface area contributed by atoms with Crippen LogP contribution < -0.4 is 5.32 Å². The van der Waals surface area contributed by atoms with Crippen molar-refractivity contribution in [1.82, 2.24) is 9.80 Å². The van der Waals surface area contributed by atoms with E-state index in [1.165, 1.54) is 17.7 Å². The van der Waals surface area contributed by atoms with Crippen molar-refractivity contribution in [2.75, 3.05) is 38.0 Å². The number of hydrogen-bond acceptors (Lipinski definition) is 5. The zero-order chi connectivity index (χ0) is 20.8. The fraction of sp³-hybridized carbons (Fsp3) is 0.381. The minimum absolute atomic E-state index is 0.0250. The number of nitrogens with zero attached hydrogens (tertiary/aromatic N) is 3. The molecule has 29 heavy (non-hydrogen) atoms. The van der Waals surface area contributed by atoms with E-state index in [0.29, 0.717) is 24.2 Å². The molecule has 1 aliphatic heterocycles. The maximum Gasteiger partial charge on any atom is 0.269 e. The van der Waals surface area contributed by atoms with Crippen LogP contribution in [0, 0.1) is 17.0 Å². The largest absolute Gasteiger partial charge is 0.326 e. The molecular formula is C21H25ClN4O3. The van der Waals surface area contributed by atoms with Gasteiger partial charge in [0.05, 0.1) is 4.92 Å². The van der Waals surface area contributed by atoms with Gasteiger partial charge in [-0.25, -0.2) is 0 Å². The molecule has 1 aliphatic rings. The van der Waals surface area contributed by atoms with Gasteiger partial charge in [0.1, 0.15) is 0 Å². The van der Waals surface area contributed by atoms with Gasteiger partial charge in [-0.05, 0) is 36.2 Å². The summed E-state index contributed by atoms with van der Waals surface area (Å²) in [5.74, 6) is -0.0782. The monoisotopic (exact) mass is 416 g/mol. The Morgan fingerprint density at radius 2 is 1.76 bits per heavy atom. The second kappa shape index (κ2) is 9.82. The van der Waals surface area contributed by atoms with Gasteiger partial charge in [-0.2, -0.15) is 0 Å². The average molecular weight is 417 g/mol. The zero-order valence-electron chi connectivity index (χ0n) is 16.4. The summed E-state index contributed by atoms with van der Waals surface area (Å²) >= 11 is 5.93. The molecule has 1 N–H and O–H groups in total. The maximum atomic E-state index is 12.3. The van der Waals surface area contributed by atoms with Gasteiger partial charge in [0.15, 0.2) is 0 Å². The highest BCUT2D eigenvalue weighted by molar-refractivity contribution is 6.30. The number of nitro groups is 1. The van der Waals surface area contributed by atoms with Crippen LogP contribution in [0.4, 0.5) is 11.4 Å². The first-order valence-corrected chi connectivity index (χ1v) is 10.0. The number of nitro benzene ring substituents is 1. The highest BCUT2D eigenvalue weighted by Gasteiger charge is 2.18. The number of carbonyl (C=O) groups is 1. The van der Waals surface area contributed by atoms with Gasteiger partial charge in [0.2, 0.25) is 5.91 Å². The Bertz CT molecular complexity index is 865. The van der Waals surface area contributed by atoms with E-state index in [4.69, 9.17) is 11.6 Å². The SMILES string of the molecule is Cc1cc([N+](=O)[O-])ccc1NC(=O)CCN1CCN(Cc2ccc(Cl)cc2)CC1. The van der Waals surface area contributed by atoms with Crippen molar-refractivity contribution in [3.05, 3.63) is 68.7 Å². The van der Waals surface area contributed by atoms with E-state index in [1.807, 2.05) is 12.1 Å². The van der Waals surface area contributed by atoms with Crippen molar-refractivity contribution >= 4 is 28.9 Å². The van der Waals surface area contributed by atoms with Crippen LogP contribution in [0.2, 0.25) is 5.02 Å². The van der Waals surface area contributed by atoms with Gasteiger partial charge in [-0.3, -0.25) is 19.8 Å². The number of halogens is 1. The Balaban J connectivity index is 1.40. The van der Waals surface area contributed by atoms with E-state index in [2.05, 4.69) is 27.2 Å². The predicted molar refractivity (Wildman–Crippen MR) is 114 cm³/mol. The van der Waals surface area contributed by atoms with Crippen LogP contribution in [0.15, 0.2) is 42.5 Å². The van der Waals surface area contributed by atoms with Crippen molar-refractivity contribution in [2.24, 2.45) is 0 Å². The van der Waals surface area contributed by atoms with Crippen LogP contribution in [-0.4, -0.2) is 53.4 Å². The van der Waals surface area contributed by atoms with Crippen LogP contribution in [0.1, 0.15) is 17.5 Å². The molecule has 1 saturated heterocycles. The molecule has 3 rings (SSSR count). The summed E-state index contributed by atoms with van der Waals surface area (Å²) in [6.45, 7) is 7.15. The van der Waals surface area contributed by atoms with E-state index in [1.54, 1.807) is 13.0 Å². The number of rotatable bonds is 7. The third-order valence-corrected chi connectivity index (χ3v) is 5.39. The molecule has 0 atom stereocenters. The molecule has 0 aromatic heterocycles. The lowest BCUT2D eigenvalue weighted by Crippen LogP contribution is -2.46. The van der Waals surface area contributed by atoms with Gasteiger partial charge in [0.25, 0.3) is 5.69 Å². The van der Waals surface area contributed by atoms with Crippen molar-refractivity contribution in [3.8, 4) is 0 Å². The fourth-order valence-electron chi connectivity index (χ4n) is 3.39. The van der Waals surface area contributed by atoms with Crippen molar-refractivity contribution in [1.29, 1.82) is 0 Å². The van der Waals surface area contributed by atoms with Crippen LogP contribution >= 0.6 is 11.6 Å². The van der Waals surface area contributed by atoms with Gasteiger partial charge in [-0.1, -0.05) is 23.7 Å². The maximum absolute atomic E-state index is 12.3. The number of benzene rings is 2. The third kappa shape index (κ3) is 6.25.